The highest BCUT2D eigenvalue weighted by molar-refractivity contribution is 7.10. The zero-order valence-electron chi connectivity index (χ0n) is 16.6. The standard InChI is InChI=1S/C23H28N2O2S/c1-16(2)15-25-21(19-11-8-14-28-19)20(23(27)24-12-6-3-7-13-24)17-9-4-5-10-18(17)22(25)26/h4-5,8-11,14,16,20-21H,3,6-7,12-13,15H2,1-2H3. The zero-order valence-corrected chi connectivity index (χ0v) is 17.5. The summed E-state index contributed by atoms with van der Waals surface area (Å²) in [7, 11) is 0. The summed E-state index contributed by atoms with van der Waals surface area (Å²) in [5.41, 5.74) is 1.58. The Morgan fingerprint density at radius 1 is 1.11 bits per heavy atom. The SMILES string of the molecule is CC(C)CN1C(=O)c2ccccc2C(C(=O)N2CCCCC2)C1c1cccs1. The van der Waals surface area contributed by atoms with E-state index >= 15 is 0 Å². The van der Waals surface area contributed by atoms with Gasteiger partial charge < -0.3 is 9.80 Å². The number of piperidine rings is 1. The molecule has 0 saturated carbocycles. The highest BCUT2D eigenvalue weighted by atomic mass is 32.1. The van der Waals surface area contributed by atoms with Crippen molar-refractivity contribution in [1.82, 2.24) is 9.80 Å². The molecule has 3 heterocycles. The number of fused-ring (bicyclic) bond motifs is 1. The molecule has 2 amide bonds. The Bertz CT molecular complexity index is 840. The number of carbonyl (C=O) groups excluding carboxylic acids is 2. The lowest BCUT2D eigenvalue weighted by atomic mass is 9.80. The van der Waals surface area contributed by atoms with Gasteiger partial charge in [-0.1, -0.05) is 38.1 Å². The third-order valence-corrected chi connectivity index (χ3v) is 6.71. The van der Waals surface area contributed by atoms with Gasteiger partial charge in [-0.3, -0.25) is 9.59 Å². The molecule has 1 fully saturated rings. The molecule has 0 bridgehead atoms. The van der Waals surface area contributed by atoms with Gasteiger partial charge in [0, 0.05) is 30.1 Å². The van der Waals surface area contributed by atoms with E-state index in [1.54, 1.807) is 11.3 Å². The van der Waals surface area contributed by atoms with Crippen LogP contribution in [0.25, 0.3) is 0 Å². The summed E-state index contributed by atoms with van der Waals surface area (Å²) in [6.07, 6.45) is 3.33. The van der Waals surface area contributed by atoms with Crippen molar-refractivity contribution in [2.45, 2.75) is 45.1 Å². The predicted molar refractivity (Wildman–Crippen MR) is 113 cm³/mol. The fraction of sp³-hybridized carbons (Fsp3) is 0.478. The lowest BCUT2D eigenvalue weighted by molar-refractivity contribution is -0.135. The van der Waals surface area contributed by atoms with Crippen LogP contribution in [0.3, 0.4) is 0 Å². The van der Waals surface area contributed by atoms with E-state index in [2.05, 4.69) is 19.9 Å². The molecule has 2 atom stereocenters. The van der Waals surface area contributed by atoms with Crippen LogP contribution in [0, 0.1) is 5.92 Å². The molecule has 148 valence electrons. The van der Waals surface area contributed by atoms with Gasteiger partial charge in [0.05, 0.1) is 12.0 Å². The number of hydrogen-bond acceptors (Lipinski definition) is 3. The maximum absolute atomic E-state index is 13.8. The minimum absolute atomic E-state index is 0.0467. The number of rotatable bonds is 4. The fourth-order valence-electron chi connectivity index (χ4n) is 4.54. The van der Waals surface area contributed by atoms with Crippen molar-refractivity contribution in [3.63, 3.8) is 0 Å². The smallest absolute Gasteiger partial charge is 0.254 e. The number of carbonyl (C=O) groups is 2. The van der Waals surface area contributed by atoms with E-state index in [-0.39, 0.29) is 23.8 Å². The van der Waals surface area contributed by atoms with E-state index in [0.717, 1.165) is 36.4 Å². The van der Waals surface area contributed by atoms with Gasteiger partial charge >= 0.3 is 0 Å². The fourth-order valence-corrected chi connectivity index (χ4v) is 5.41. The second-order valence-electron chi connectivity index (χ2n) is 8.26. The highest BCUT2D eigenvalue weighted by Crippen LogP contribution is 2.45. The van der Waals surface area contributed by atoms with Crippen molar-refractivity contribution in [3.05, 3.63) is 57.8 Å². The van der Waals surface area contributed by atoms with Crippen LogP contribution in [0.5, 0.6) is 0 Å². The van der Waals surface area contributed by atoms with Gasteiger partial charge in [0.2, 0.25) is 5.91 Å². The highest BCUT2D eigenvalue weighted by Gasteiger charge is 2.45. The minimum Gasteiger partial charge on any atom is -0.342 e. The largest absolute Gasteiger partial charge is 0.342 e. The summed E-state index contributed by atoms with van der Waals surface area (Å²) < 4.78 is 0. The third kappa shape index (κ3) is 3.48. The molecule has 0 N–H and O–H groups in total. The van der Waals surface area contributed by atoms with Crippen molar-refractivity contribution in [1.29, 1.82) is 0 Å². The zero-order chi connectivity index (χ0) is 19.7. The van der Waals surface area contributed by atoms with Crippen molar-refractivity contribution in [2.75, 3.05) is 19.6 Å². The second kappa shape index (κ2) is 8.08. The van der Waals surface area contributed by atoms with Crippen LogP contribution < -0.4 is 0 Å². The van der Waals surface area contributed by atoms with Crippen molar-refractivity contribution >= 4 is 23.2 Å². The quantitative estimate of drug-likeness (QED) is 0.752. The van der Waals surface area contributed by atoms with E-state index in [0.29, 0.717) is 18.0 Å². The van der Waals surface area contributed by atoms with E-state index in [9.17, 15) is 9.59 Å². The summed E-state index contributed by atoms with van der Waals surface area (Å²) in [5.74, 6) is 0.226. The Morgan fingerprint density at radius 3 is 2.54 bits per heavy atom. The van der Waals surface area contributed by atoms with Gasteiger partial charge in [0.25, 0.3) is 5.91 Å². The van der Waals surface area contributed by atoms with Crippen molar-refractivity contribution in [3.8, 4) is 0 Å². The van der Waals surface area contributed by atoms with Crippen LogP contribution in [0.1, 0.15) is 65.9 Å². The van der Waals surface area contributed by atoms with Crippen LogP contribution in [-0.2, 0) is 4.79 Å². The number of likely N-dealkylation sites (tertiary alicyclic amines) is 1. The molecule has 5 heteroatoms. The van der Waals surface area contributed by atoms with Crippen molar-refractivity contribution < 1.29 is 9.59 Å². The average Bonchev–Trinajstić information content (AvgIpc) is 3.24. The van der Waals surface area contributed by atoms with Gasteiger partial charge in [-0.05, 0) is 48.3 Å². The topological polar surface area (TPSA) is 40.6 Å². The number of nitrogens with zero attached hydrogens (tertiary/aromatic N) is 2. The van der Waals surface area contributed by atoms with Gasteiger partial charge in [-0.2, -0.15) is 0 Å². The average molecular weight is 397 g/mol. The van der Waals surface area contributed by atoms with Gasteiger partial charge in [0.15, 0.2) is 0 Å². The van der Waals surface area contributed by atoms with E-state index in [1.807, 2.05) is 45.5 Å². The molecular formula is C23H28N2O2S. The van der Waals surface area contributed by atoms with E-state index in [1.165, 1.54) is 6.42 Å². The van der Waals surface area contributed by atoms with E-state index in [4.69, 9.17) is 0 Å². The predicted octanol–water partition coefficient (Wildman–Crippen LogP) is 4.70. The molecule has 4 rings (SSSR count). The van der Waals surface area contributed by atoms with Crippen LogP contribution >= 0.6 is 11.3 Å². The molecule has 1 saturated heterocycles. The summed E-state index contributed by atoms with van der Waals surface area (Å²) in [5, 5.41) is 2.04. The summed E-state index contributed by atoms with van der Waals surface area (Å²) in [6, 6.07) is 11.6. The Kier molecular flexibility index (Phi) is 5.54. The Morgan fingerprint density at radius 2 is 1.86 bits per heavy atom. The molecule has 4 nitrogen and oxygen atoms in total. The lowest BCUT2D eigenvalue weighted by Crippen LogP contribution is -2.50. The summed E-state index contributed by atoms with van der Waals surface area (Å²) in [4.78, 5) is 32.2. The third-order valence-electron chi connectivity index (χ3n) is 5.77. The Hall–Kier alpha value is -2.14. The molecular weight excluding hydrogens is 368 g/mol. The molecule has 1 aromatic carbocycles. The van der Waals surface area contributed by atoms with E-state index < -0.39 is 0 Å². The molecule has 2 aromatic rings. The van der Waals surface area contributed by atoms with Crippen LogP contribution in [-0.4, -0.2) is 41.2 Å². The van der Waals surface area contributed by atoms with Gasteiger partial charge in [-0.25, -0.2) is 0 Å². The first-order valence-electron chi connectivity index (χ1n) is 10.3. The first-order chi connectivity index (χ1) is 13.6. The maximum atomic E-state index is 13.8. The number of benzene rings is 1. The first kappa shape index (κ1) is 19.2. The molecule has 2 aliphatic heterocycles. The number of amides is 2. The number of hydrogen-bond donors (Lipinski definition) is 0. The molecule has 2 unspecified atom stereocenters. The molecule has 2 aliphatic rings. The first-order valence-corrected chi connectivity index (χ1v) is 11.2. The maximum Gasteiger partial charge on any atom is 0.254 e. The van der Waals surface area contributed by atoms with Gasteiger partial charge in [0.1, 0.15) is 0 Å². The molecule has 0 spiro atoms. The molecule has 0 aliphatic carbocycles. The second-order valence-corrected chi connectivity index (χ2v) is 9.24. The molecule has 0 radical (unpaired) electrons. The monoisotopic (exact) mass is 396 g/mol. The van der Waals surface area contributed by atoms with Crippen LogP contribution in [0.4, 0.5) is 0 Å². The molecule has 28 heavy (non-hydrogen) atoms. The summed E-state index contributed by atoms with van der Waals surface area (Å²) >= 11 is 1.64. The normalized spacial score (nSPS) is 22.5. The van der Waals surface area contributed by atoms with Crippen LogP contribution in [0.15, 0.2) is 41.8 Å². The lowest BCUT2D eigenvalue weighted by Gasteiger charge is -2.43. The Balaban J connectivity index is 1.83. The number of thiophene rings is 1. The van der Waals surface area contributed by atoms with Crippen molar-refractivity contribution in [2.24, 2.45) is 5.92 Å². The van der Waals surface area contributed by atoms with Gasteiger partial charge in [-0.15, -0.1) is 11.3 Å². The Labute approximate surface area is 171 Å². The summed E-state index contributed by atoms with van der Waals surface area (Å²) in [6.45, 7) is 6.56. The minimum atomic E-state index is -0.329. The van der Waals surface area contributed by atoms with Crippen LogP contribution in [0.2, 0.25) is 0 Å². The molecule has 1 aromatic heterocycles.